The van der Waals surface area contributed by atoms with E-state index < -0.39 is 0 Å². The first-order chi connectivity index (χ1) is 9.73. The summed E-state index contributed by atoms with van der Waals surface area (Å²) in [5, 5.41) is 9.21. The van der Waals surface area contributed by atoms with Gasteiger partial charge in [-0.2, -0.15) is 5.26 Å². The Kier molecular flexibility index (Phi) is 4.47. The van der Waals surface area contributed by atoms with Crippen LogP contribution in [0.15, 0.2) is 24.5 Å². The van der Waals surface area contributed by atoms with Gasteiger partial charge in [-0.1, -0.05) is 20.8 Å². The van der Waals surface area contributed by atoms with Gasteiger partial charge in [0.1, 0.15) is 6.33 Å². The predicted molar refractivity (Wildman–Crippen MR) is 80.3 cm³/mol. The Morgan fingerprint density at radius 2 is 1.80 bits per heavy atom. The first-order valence-corrected chi connectivity index (χ1v) is 7.10. The van der Waals surface area contributed by atoms with E-state index >= 15 is 0 Å². The largest absolute Gasteiger partial charge is 0.241 e. The van der Waals surface area contributed by atoms with Crippen LogP contribution in [0.1, 0.15) is 43.2 Å². The van der Waals surface area contributed by atoms with Gasteiger partial charge in [-0.05, 0) is 48.6 Å². The van der Waals surface area contributed by atoms with Crippen molar-refractivity contribution in [2.45, 2.75) is 40.0 Å². The van der Waals surface area contributed by atoms with Crippen molar-refractivity contribution < 1.29 is 0 Å². The number of hydrogen-bond donors (Lipinski definition) is 0. The molecule has 1 aromatic heterocycles. The lowest BCUT2D eigenvalue weighted by Crippen LogP contribution is -1.99. The summed E-state index contributed by atoms with van der Waals surface area (Å²) in [5.41, 5.74) is 6.23. The maximum Gasteiger partial charge on any atom is 0.116 e. The molecule has 0 saturated carbocycles. The van der Waals surface area contributed by atoms with Crippen molar-refractivity contribution in [3.8, 4) is 17.3 Å². The van der Waals surface area contributed by atoms with Crippen LogP contribution in [-0.4, -0.2) is 9.97 Å². The Bertz CT molecular complexity index is 654. The minimum absolute atomic E-state index is 0.700. The molecular formula is C17H19N3. The van der Waals surface area contributed by atoms with Gasteiger partial charge in [-0.3, -0.25) is 0 Å². The molecule has 0 amide bonds. The molecular weight excluding hydrogens is 246 g/mol. The fourth-order valence-corrected chi connectivity index (χ4v) is 2.50. The molecule has 0 aliphatic carbocycles. The highest BCUT2D eigenvalue weighted by Gasteiger charge is 2.12. The van der Waals surface area contributed by atoms with Crippen LogP contribution in [0.4, 0.5) is 0 Å². The van der Waals surface area contributed by atoms with Gasteiger partial charge in [-0.15, -0.1) is 0 Å². The minimum atomic E-state index is 0.700. The van der Waals surface area contributed by atoms with Crippen LogP contribution >= 0.6 is 0 Å². The maximum absolute atomic E-state index is 9.21. The Balaban J connectivity index is 2.67. The Hall–Kier alpha value is -2.21. The molecule has 0 aliphatic heterocycles. The van der Waals surface area contributed by atoms with Gasteiger partial charge in [0.25, 0.3) is 0 Å². The lowest BCUT2D eigenvalue weighted by Gasteiger charge is -2.13. The average Bonchev–Trinajstić information content (AvgIpc) is 2.53. The quantitative estimate of drug-likeness (QED) is 0.846. The highest BCUT2D eigenvalue weighted by atomic mass is 14.8. The summed E-state index contributed by atoms with van der Waals surface area (Å²) in [6.07, 6.45) is 4.36. The summed E-state index contributed by atoms with van der Waals surface area (Å²) in [7, 11) is 0. The number of aryl methyl sites for hydroxylation is 2. The molecule has 1 aromatic carbocycles. The van der Waals surface area contributed by atoms with Crippen molar-refractivity contribution in [2.75, 3.05) is 0 Å². The second kappa shape index (κ2) is 6.29. The van der Waals surface area contributed by atoms with Crippen LogP contribution in [0, 0.1) is 11.3 Å². The standard InChI is InChI=1S/C17H19N3/c1-4-13-7-12(10-18)8-16(15(13)6-3)17-9-14(5-2)19-11-20-17/h7-9,11H,4-6H2,1-3H3. The van der Waals surface area contributed by atoms with Gasteiger partial charge in [0.15, 0.2) is 0 Å². The molecule has 0 radical (unpaired) electrons. The molecule has 0 unspecified atom stereocenters. The zero-order valence-electron chi connectivity index (χ0n) is 12.3. The summed E-state index contributed by atoms with van der Waals surface area (Å²) in [6, 6.07) is 8.21. The normalized spacial score (nSPS) is 10.3. The van der Waals surface area contributed by atoms with E-state index in [1.807, 2.05) is 18.2 Å². The number of benzene rings is 1. The van der Waals surface area contributed by atoms with E-state index in [1.54, 1.807) is 6.33 Å². The highest BCUT2D eigenvalue weighted by Crippen LogP contribution is 2.28. The van der Waals surface area contributed by atoms with E-state index in [0.29, 0.717) is 5.56 Å². The number of hydrogen-bond acceptors (Lipinski definition) is 3. The summed E-state index contributed by atoms with van der Waals surface area (Å²) >= 11 is 0. The first kappa shape index (κ1) is 14.2. The molecule has 3 nitrogen and oxygen atoms in total. The number of nitriles is 1. The minimum Gasteiger partial charge on any atom is -0.241 e. The fourth-order valence-electron chi connectivity index (χ4n) is 2.50. The van der Waals surface area contributed by atoms with Crippen molar-refractivity contribution in [1.29, 1.82) is 5.26 Å². The highest BCUT2D eigenvalue weighted by molar-refractivity contribution is 5.68. The molecule has 102 valence electrons. The Morgan fingerprint density at radius 1 is 1.00 bits per heavy atom. The van der Waals surface area contributed by atoms with Crippen molar-refractivity contribution >= 4 is 0 Å². The van der Waals surface area contributed by atoms with Gasteiger partial charge in [0.2, 0.25) is 0 Å². The Morgan fingerprint density at radius 3 is 2.40 bits per heavy atom. The topological polar surface area (TPSA) is 49.6 Å². The molecule has 0 aliphatic rings. The van der Waals surface area contributed by atoms with Crippen LogP contribution in [0.3, 0.4) is 0 Å². The van der Waals surface area contributed by atoms with Gasteiger partial charge < -0.3 is 0 Å². The van der Waals surface area contributed by atoms with Crippen LogP contribution < -0.4 is 0 Å². The summed E-state index contributed by atoms with van der Waals surface area (Å²) < 4.78 is 0. The average molecular weight is 265 g/mol. The van der Waals surface area contributed by atoms with Gasteiger partial charge in [-0.25, -0.2) is 9.97 Å². The molecule has 2 aromatic rings. The molecule has 0 fully saturated rings. The molecule has 3 heteroatoms. The summed E-state index contributed by atoms with van der Waals surface area (Å²) in [4.78, 5) is 8.64. The number of nitrogens with zero attached hydrogens (tertiary/aromatic N) is 3. The van der Waals surface area contributed by atoms with E-state index in [0.717, 1.165) is 36.2 Å². The zero-order valence-corrected chi connectivity index (χ0v) is 12.3. The van der Waals surface area contributed by atoms with Gasteiger partial charge in [0, 0.05) is 11.3 Å². The lowest BCUT2D eigenvalue weighted by atomic mass is 9.92. The second-order valence-electron chi connectivity index (χ2n) is 4.73. The third-order valence-electron chi connectivity index (χ3n) is 3.57. The van der Waals surface area contributed by atoms with Gasteiger partial charge in [0.05, 0.1) is 17.3 Å². The van der Waals surface area contributed by atoms with E-state index in [2.05, 4.69) is 36.8 Å². The van der Waals surface area contributed by atoms with Crippen LogP contribution in [0.5, 0.6) is 0 Å². The summed E-state index contributed by atoms with van der Waals surface area (Å²) in [5.74, 6) is 0. The molecule has 0 spiro atoms. The predicted octanol–water partition coefficient (Wildman–Crippen LogP) is 3.70. The molecule has 0 N–H and O–H groups in total. The van der Waals surface area contributed by atoms with Gasteiger partial charge >= 0.3 is 0 Å². The molecule has 2 rings (SSSR count). The maximum atomic E-state index is 9.21. The van der Waals surface area contributed by atoms with Crippen molar-refractivity contribution in [1.82, 2.24) is 9.97 Å². The third-order valence-corrected chi connectivity index (χ3v) is 3.57. The van der Waals surface area contributed by atoms with Crippen LogP contribution in [0.2, 0.25) is 0 Å². The molecule has 1 heterocycles. The number of rotatable bonds is 4. The smallest absolute Gasteiger partial charge is 0.116 e. The molecule has 0 bridgehead atoms. The molecule has 20 heavy (non-hydrogen) atoms. The zero-order chi connectivity index (χ0) is 14.5. The lowest BCUT2D eigenvalue weighted by molar-refractivity contribution is 0.993. The van der Waals surface area contributed by atoms with E-state index in [1.165, 1.54) is 11.1 Å². The fraction of sp³-hybridized carbons (Fsp3) is 0.353. The van der Waals surface area contributed by atoms with Crippen LogP contribution in [0.25, 0.3) is 11.3 Å². The third kappa shape index (κ3) is 2.70. The molecule has 0 saturated heterocycles. The SMILES string of the molecule is CCc1cc(-c2cc(C#N)cc(CC)c2CC)ncn1. The summed E-state index contributed by atoms with van der Waals surface area (Å²) in [6.45, 7) is 6.35. The van der Waals surface area contributed by atoms with E-state index in [9.17, 15) is 5.26 Å². The van der Waals surface area contributed by atoms with E-state index in [-0.39, 0.29) is 0 Å². The van der Waals surface area contributed by atoms with Crippen LogP contribution in [-0.2, 0) is 19.3 Å². The van der Waals surface area contributed by atoms with E-state index in [4.69, 9.17) is 0 Å². The Labute approximate surface area is 120 Å². The van der Waals surface area contributed by atoms with Crippen molar-refractivity contribution in [3.05, 3.63) is 46.9 Å². The number of aromatic nitrogens is 2. The molecule has 0 atom stereocenters. The monoisotopic (exact) mass is 265 g/mol. The first-order valence-electron chi connectivity index (χ1n) is 7.10. The second-order valence-corrected chi connectivity index (χ2v) is 4.73. The van der Waals surface area contributed by atoms with Crippen molar-refractivity contribution in [2.24, 2.45) is 0 Å². The van der Waals surface area contributed by atoms with Crippen molar-refractivity contribution in [3.63, 3.8) is 0 Å².